The van der Waals surface area contributed by atoms with Crippen molar-refractivity contribution in [3.8, 4) is 5.75 Å². The van der Waals surface area contributed by atoms with E-state index in [4.69, 9.17) is 4.74 Å². The van der Waals surface area contributed by atoms with Crippen LogP contribution < -0.4 is 10.1 Å². The highest BCUT2D eigenvalue weighted by atomic mass is 16.5. The number of carbonyl (C=O) groups excluding carboxylic acids is 2. The normalized spacial score (nSPS) is 9.72. The van der Waals surface area contributed by atoms with Crippen molar-refractivity contribution in [1.29, 1.82) is 0 Å². The minimum atomic E-state index is -0.208. The standard InChI is InChI=1S/C13H18N2O3/c1-15(2)12(16)7-8-14-13(17)10-5-4-6-11(9-10)18-3/h4-6,9H,7-8H2,1-3H3,(H,14,17). The van der Waals surface area contributed by atoms with Crippen LogP contribution in [0.15, 0.2) is 24.3 Å². The first-order chi connectivity index (χ1) is 8.54. The Hall–Kier alpha value is -2.04. The average Bonchev–Trinajstić information content (AvgIpc) is 2.38. The second-order valence-corrected chi connectivity index (χ2v) is 4.03. The molecule has 1 aromatic rings. The van der Waals surface area contributed by atoms with Gasteiger partial charge in [0.2, 0.25) is 5.91 Å². The van der Waals surface area contributed by atoms with Gasteiger partial charge in [0.15, 0.2) is 0 Å². The lowest BCUT2D eigenvalue weighted by Crippen LogP contribution is -2.30. The molecule has 0 aliphatic carbocycles. The van der Waals surface area contributed by atoms with E-state index < -0.39 is 0 Å². The molecule has 0 radical (unpaired) electrons. The number of amides is 2. The smallest absolute Gasteiger partial charge is 0.251 e. The first-order valence-electron chi connectivity index (χ1n) is 5.67. The molecule has 1 aromatic carbocycles. The molecule has 0 fully saturated rings. The van der Waals surface area contributed by atoms with Crippen LogP contribution in [-0.4, -0.2) is 44.5 Å². The van der Waals surface area contributed by atoms with Gasteiger partial charge in [0.05, 0.1) is 7.11 Å². The summed E-state index contributed by atoms with van der Waals surface area (Å²) in [6.45, 7) is 0.326. The van der Waals surface area contributed by atoms with Crippen molar-refractivity contribution in [3.63, 3.8) is 0 Å². The van der Waals surface area contributed by atoms with Crippen molar-refractivity contribution in [1.82, 2.24) is 10.2 Å². The summed E-state index contributed by atoms with van der Waals surface area (Å²) in [7, 11) is 4.92. The van der Waals surface area contributed by atoms with Gasteiger partial charge in [-0.05, 0) is 18.2 Å². The molecule has 0 atom stereocenters. The third-order valence-corrected chi connectivity index (χ3v) is 2.46. The highest BCUT2D eigenvalue weighted by Crippen LogP contribution is 2.12. The molecule has 0 aliphatic heterocycles. The van der Waals surface area contributed by atoms with E-state index in [1.807, 2.05) is 0 Å². The Balaban J connectivity index is 2.48. The summed E-state index contributed by atoms with van der Waals surface area (Å²) < 4.78 is 5.04. The van der Waals surface area contributed by atoms with Gasteiger partial charge in [-0.3, -0.25) is 9.59 Å². The molecule has 1 rings (SSSR count). The van der Waals surface area contributed by atoms with Crippen LogP contribution in [0.3, 0.4) is 0 Å². The van der Waals surface area contributed by atoms with Crippen molar-refractivity contribution in [3.05, 3.63) is 29.8 Å². The fourth-order valence-electron chi connectivity index (χ4n) is 1.37. The van der Waals surface area contributed by atoms with Crippen LogP contribution in [0.5, 0.6) is 5.75 Å². The van der Waals surface area contributed by atoms with Crippen molar-refractivity contribution in [2.24, 2.45) is 0 Å². The van der Waals surface area contributed by atoms with Gasteiger partial charge >= 0.3 is 0 Å². The third kappa shape index (κ3) is 4.08. The van der Waals surface area contributed by atoms with Crippen molar-refractivity contribution in [2.75, 3.05) is 27.7 Å². The molecular formula is C13H18N2O3. The van der Waals surface area contributed by atoms with E-state index in [9.17, 15) is 9.59 Å². The molecule has 5 nitrogen and oxygen atoms in total. The fourth-order valence-corrected chi connectivity index (χ4v) is 1.37. The molecule has 0 aliphatic rings. The Kier molecular flexibility index (Phi) is 5.17. The van der Waals surface area contributed by atoms with Crippen LogP contribution in [-0.2, 0) is 4.79 Å². The Morgan fingerprint density at radius 3 is 2.67 bits per heavy atom. The molecule has 0 saturated heterocycles. The Morgan fingerprint density at radius 2 is 2.06 bits per heavy atom. The van der Waals surface area contributed by atoms with Gasteiger partial charge in [-0.2, -0.15) is 0 Å². The molecule has 0 unspecified atom stereocenters. The van der Waals surface area contributed by atoms with E-state index in [-0.39, 0.29) is 11.8 Å². The van der Waals surface area contributed by atoms with Crippen molar-refractivity contribution in [2.45, 2.75) is 6.42 Å². The van der Waals surface area contributed by atoms with Gasteiger partial charge in [-0.1, -0.05) is 6.07 Å². The first-order valence-corrected chi connectivity index (χ1v) is 5.67. The predicted molar refractivity (Wildman–Crippen MR) is 68.6 cm³/mol. The van der Waals surface area contributed by atoms with Crippen LogP contribution in [0.2, 0.25) is 0 Å². The summed E-state index contributed by atoms with van der Waals surface area (Å²) in [4.78, 5) is 24.6. The SMILES string of the molecule is COc1cccc(C(=O)NCCC(=O)N(C)C)c1. The summed E-state index contributed by atoms with van der Waals surface area (Å²) in [5.74, 6) is 0.411. The van der Waals surface area contributed by atoms with Crippen molar-refractivity contribution < 1.29 is 14.3 Å². The minimum Gasteiger partial charge on any atom is -0.497 e. The highest BCUT2D eigenvalue weighted by Gasteiger charge is 2.08. The van der Waals surface area contributed by atoms with Crippen LogP contribution >= 0.6 is 0 Å². The Morgan fingerprint density at radius 1 is 1.33 bits per heavy atom. The minimum absolute atomic E-state index is 0.0130. The first kappa shape index (κ1) is 14.0. The lowest BCUT2D eigenvalue weighted by molar-refractivity contribution is -0.128. The van der Waals surface area contributed by atoms with Gasteiger partial charge in [-0.15, -0.1) is 0 Å². The number of hydrogen-bond acceptors (Lipinski definition) is 3. The van der Waals surface area contributed by atoms with Gasteiger partial charge < -0.3 is 15.0 Å². The lowest BCUT2D eigenvalue weighted by atomic mass is 10.2. The van der Waals surface area contributed by atoms with E-state index in [0.717, 1.165) is 0 Å². The molecule has 18 heavy (non-hydrogen) atoms. The van der Waals surface area contributed by atoms with E-state index in [1.54, 1.807) is 45.5 Å². The van der Waals surface area contributed by atoms with Crippen LogP contribution in [0, 0.1) is 0 Å². The number of ether oxygens (including phenoxy) is 1. The molecule has 1 N–H and O–H groups in total. The van der Waals surface area contributed by atoms with E-state index in [2.05, 4.69) is 5.32 Å². The average molecular weight is 250 g/mol. The molecule has 0 saturated carbocycles. The Bertz CT molecular complexity index is 430. The summed E-state index contributed by atoms with van der Waals surface area (Å²) in [6.07, 6.45) is 0.294. The van der Waals surface area contributed by atoms with Gasteiger partial charge in [0, 0.05) is 32.6 Å². The largest absolute Gasteiger partial charge is 0.497 e. The molecule has 0 heterocycles. The number of carbonyl (C=O) groups is 2. The molecule has 2 amide bonds. The number of benzene rings is 1. The van der Waals surface area contributed by atoms with Crippen molar-refractivity contribution >= 4 is 11.8 Å². The second kappa shape index (κ2) is 6.64. The molecular weight excluding hydrogens is 232 g/mol. The van der Waals surface area contributed by atoms with Gasteiger partial charge in [0.1, 0.15) is 5.75 Å². The van der Waals surface area contributed by atoms with Crippen LogP contribution in [0.25, 0.3) is 0 Å². The number of methoxy groups -OCH3 is 1. The van der Waals surface area contributed by atoms with E-state index in [1.165, 1.54) is 4.90 Å². The quantitative estimate of drug-likeness (QED) is 0.844. The monoisotopic (exact) mass is 250 g/mol. The third-order valence-electron chi connectivity index (χ3n) is 2.46. The van der Waals surface area contributed by atoms with E-state index >= 15 is 0 Å². The molecule has 0 spiro atoms. The maximum absolute atomic E-state index is 11.8. The summed E-state index contributed by atoms with van der Waals surface area (Å²) in [5.41, 5.74) is 0.520. The summed E-state index contributed by atoms with van der Waals surface area (Å²) in [5, 5.41) is 2.69. The molecule has 0 bridgehead atoms. The zero-order valence-corrected chi connectivity index (χ0v) is 10.9. The maximum Gasteiger partial charge on any atom is 0.251 e. The van der Waals surface area contributed by atoms with Crippen LogP contribution in [0.4, 0.5) is 0 Å². The Labute approximate surface area is 107 Å². The van der Waals surface area contributed by atoms with Gasteiger partial charge in [-0.25, -0.2) is 0 Å². The zero-order valence-electron chi connectivity index (χ0n) is 10.9. The summed E-state index contributed by atoms with van der Waals surface area (Å²) in [6, 6.07) is 6.87. The molecule has 98 valence electrons. The van der Waals surface area contributed by atoms with Gasteiger partial charge in [0.25, 0.3) is 5.91 Å². The molecule has 5 heteroatoms. The van der Waals surface area contributed by atoms with Crippen LogP contribution in [0.1, 0.15) is 16.8 Å². The summed E-state index contributed by atoms with van der Waals surface area (Å²) >= 11 is 0. The second-order valence-electron chi connectivity index (χ2n) is 4.03. The topological polar surface area (TPSA) is 58.6 Å². The number of nitrogens with one attached hydrogen (secondary N) is 1. The number of nitrogens with zero attached hydrogens (tertiary/aromatic N) is 1. The van der Waals surface area contributed by atoms with E-state index in [0.29, 0.717) is 24.3 Å². The molecule has 0 aromatic heterocycles. The predicted octanol–water partition coefficient (Wildman–Crippen LogP) is 0.903. The lowest BCUT2D eigenvalue weighted by Gasteiger charge is -2.10. The maximum atomic E-state index is 11.8. The fraction of sp³-hybridized carbons (Fsp3) is 0.385. The number of hydrogen-bond donors (Lipinski definition) is 1. The number of rotatable bonds is 5. The zero-order chi connectivity index (χ0) is 13.5. The highest BCUT2D eigenvalue weighted by molar-refractivity contribution is 5.94.